The minimum atomic E-state index is -0.124. The Morgan fingerprint density at radius 1 is 1.05 bits per heavy atom. The van der Waals surface area contributed by atoms with Crippen molar-refractivity contribution in [2.45, 2.75) is 6.04 Å². The van der Waals surface area contributed by atoms with E-state index in [1.807, 2.05) is 60.7 Å². The third kappa shape index (κ3) is 2.34. The highest BCUT2D eigenvalue weighted by Crippen LogP contribution is 2.21. The molecule has 0 saturated carbocycles. The smallest absolute Gasteiger partial charge is 0.0771 e. The van der Waals surface area contributed by atoms with Crippen LogP contribution in [0.25, 0.3) is 5.69 Å². The van der Waals surface area contributed by atoms with E-state index in [1.54, 1.807) is 10.9 Å². The molecule has 1 atom stereocenters. The van der Waals surface area contributed by atoms with E-state index in [9.17, 15) is 0 Å². The average Bonchev–Trinajstić information content (AvgIpc) is 3.11. The maximum atomic E-state index is 5.67. The Bertz CT molecular complexity index is 685. The molecule has 1 aromatic carbocycles. The second kappa shape index (κ2) is 5.28. The highest BCUT2D eigenvalue weighted by Gasteiger charge is 2.16. The number of hydrogen-bond acceptors (Lipinski definition) is 4. The van der Waals surface area contributed by atoms with Crippen molar-refractivity contribution < 1.29 is 0 Å². The van der Waals surface area contributed by atoms with Crippen molar-refractivity contribution in [3.8, 4) is 5.69 Å². The third-order valence-electron chi connectivity index (χ3n) is 3.18. The van der Waals surface area contributed by atoms with Crippen LogP contribution in [-0.4, -0.2) is 19.6 Å². The van der Waals surface area contributed by atoms with Gasteiger partial charge in [0.05, 0.1) is 24.1 Å². The van der Waals surface area contributed by atoms with Crippen LogP contribution in [-0.2, 0) is 7.05 Å². The number of nitrogens with two attached hydrogens (primary N) is 1. The van der Waals surface area contributed by atoms with E-state index < -0.39 is 0 Å². The molecule has 0 amide bonds. The second-order valence-corrected chi connectivity index (χ2v) is 4.60. The van der Waals surface area contributed by atoms with Gasteiger partial charge in [-0.1, -0.05) is 18.2 Å². The molecule has 0 saturated heterocycles. The number of benzene rings is 1. The van der Waals surface area contributed by atoms with Crippen LogP contribution < -0.4 is 11.3 Å². The van der Waals surface area contributed by atoms with Gasteiger partial charge in [-0.05, 0) is 12.1 Å². The summed E-state index contributed by atoms with van der Waals surface area (Å²) in [5.74, 6) is 5.67. The summed E-state index contributed by atoms with van der Waals surface area (Å²) < 4.78 is 3.58. The minimum absolute atomic E-state index is 0.124. The van der Waals surface area contributed by atoms with Crippen molar-refractivity contribution in [2.24, 2.45) is 12.9 Å². The molecule has 0 aliphatic rings. The van der Waals surface area contributed by atoms with Crippen molar-refractivity contribution in [1.82, 2.24) is 25.0 Å². The molecule has 6 nitrogen and oxygen atoms in total. The molecule has 0 fully saturated rings. The summed E-state index contributed by atoms with van der Waals surface area (Å²) in [6, 6.07) is 9.83. The number of hydrazine groups is 1. The quantitative estimate of drug-likeness (QED) is 0.550. The average molecular weight is 268 g/mol. The van der Waals surface area contributed by atoms with Gasteiger partial charge < -0.3 is 0 Å². The first-order valence-corrected chi connectivity index (χ1v) is 6.32. The van der Waals surface area contributed by atoms with Gasteiger partial charge in [0.15, 0.2) is 0 Å². The molecule has 0 spiro atoms. The SMILES string of the molecule is Cn1cc(C(NN)c2cnn(-c3ccccc3)c2)cn1. The Hall–Kier alpha value is -2.44. The van der Waals surface area contributed by atoms with E-state index in [-0.39, 0.29) is 6.04 Å². The largest absolute Gasteiger partial charge is 0.275 e. The first-order valence-electron chi connectivity index (χ1n) is 6.32. The number of nitrogens with zero attached hydrogens (tertiary/aromatic N) is 4. The second-order valence-electron chi connectivity index (χ2n) is 4.60. The fourth-order valence-electron chi connectivity index (χ4n) is 2.18. The predicted molar refractivity (Wildman–Crippen MR) is 75.9 cm³/mol. The topological polar surface area (TPSA) is 73.7 Å². The lowest BCUT2D eigenvalue weighted by Gasteiger charge is -2.11. The van der Waals surface area contributed by atoms with Crippen LogP contribution in [0.5, 0.6) is 0 Å². The molecule has 0 aliphatic carbocycles. The molecule has 3 rings (SSSR count). The highest BCUT2D eigenvalue weighted by atomic mass is 15.3. The van der Waals surface area contributed by atoms with E-state index in [4.69, 9.17) is 5.84 Å². The summed E-state index contributed by atoms with van der Waals surface area (Å²) in [5.41, 5.74) is 5.81. The van der Waals surface area contributed by atoms with E-state index in [0.29, 0.717) is 0 Å². The maximum Gasteiger partial charge on any atom is 0.0771 e. The fourth-order valence-corrected chi connectivity index (χ4v) is 2.18. The molecule has 2 aromatic heterocycles. The van der Waals surface area contributed by atoms with Crippen molar-refractivity contribution in [2.75, 3.05) is 0 Å². The van der Waals surface area contributed by atoms with E-state index >= 15 is 0 Å². The van der Waals surface area contributed by atoms with Crippen LogP contribution in [0.3, 0.4) is 0 Å². The summed E-state index contributed by atoms with van der Waals surface area (Å²) in [6.45, 7) is 0. The molecule has 20 heavy (non-hydrogen) atoms. The van der Waals surface area contributed by atoms with Gasteiger partial charge >= 0.3 is 0 Å². The van der Waals surface area contributed by atoms with Gasteiger partial charge in [-0.2, -0.15) is 10.2 Å². The number of aryl methyl sites for hydroxylation is 1. The van der Waals surface area contributed by atoms with E-state index in [0.717, 1.165) is 16.8 Å². The third-order valence-corrected chi connectivity index (χ3v) is 3.18. The molecule has 0 aliphatic heterocycles. The van der Waals surface area contributed by atoms with Crippen LogP contribution >= 0.6 is 0 Å². The van der Waals surface area contributed by atoms with Crippen molar-refractivity contribution >= 4 is 0 Å². The fraction of sp³-hybridized carbons (Fsp3) is 0.143. The van der Waals surface area contributed by atoms with Gasteiger partial charge in [0, 0.05) is 30.6 Å². The Morgan fingerprint density at radius 2 is 1.75 bits per heavy atom. The number of hydrogen-bond donors (Lipinski definition) is 2. The van der Waals surface area contributed by atoms with Crippen molar-refractivity contribution in [3.05, 3.63) is 66.2 Å². The molecule has 0 bridgehead atoms. The zero-order valence-corrected chi connectivity index (χ0v) is 11.1. The molecule has 3 aromatic rings. The number of rotatable bonds is 4. The lowest BCUT2D eigenvalue weighted by atomic mass is 10.1. The molecular formula is C14H16N6. The Labute approximate surface area is 116 Å². The number of nitrogens with one attached hydrogen (secondary N) is 1. The zero-order chi connectivity index (χ0) is 13.9. The Balaban J connectivity index is 1.92. The van der Waals surface area contributed by atoms with Gasteiger partial charge in [0.25, 0.3) is 0 Å². The van der Waals surface area contributed by atoms with Gasteiger partial charge in [-0.15, -0.1) is 0 Å². The normalized spacial score (nSPS) is 12.5. The van der Waals surface area contributed by atoms with Gasteiger partial charge in [-0.3, -0.25) is 10.5 Å². The molecule has 2 heterocycles. The molecule has 0 radical (unpaired) electrons. The van der Waals surface area contributed by atoms with E-state index in [2.05, 4.69) is 15.6 Å². The monoisotopic (exact) mass is 268 g/mol. The Kier molecular flexibility index (Phi) is 3.32. The zero-order valence-electron chi connectivity index (χ0n) is 11.1. The van der Waals surface area contributed by atoms with Crippen LogP contribution in [0, 0.1) is 0 Å². The van der Waals surface area contributed by atoms with Gasteiger partial charge in [0.1, 0.15) is 0 Å². The molecule has 1 unspecified atom stereocenters. The number of para-hydroxylation sites is 1. The molecule has 3 N–H and O–H groups in total. The maximum absolute atomic E-state index is 5.67. The minimum Gasteiger partial charge on any atom is -0.275 e. The van der Waals surface area contributed by atoms with Crippen molar-refractivity contribution in [1.29, 1.82) is 0 Å². The Morgan fingerprint density at radius 3 is 2.40 bits per heavy atom. The standard InChI is InChI=1S/C14H16N6/c1-19-9-11(7-16-19)14(18-15)12-8-17-20(10-12)13-5-3-2-4-6-13/h2-10,14,18H,15H2,1H3. The predicted octanol–water partition coefficient (Wildman–Crippen LogP) is 1.16. The lowest BCUT2D eigenvalue weighted by molar-refractivity contribution is 0.635. The van der Waals surface area contributed by atoms with E-state index in [1.165, 1.54) is 0 Å². The van der Waals surface area contributed by atoms with Gasteiger partial charge in [0.2, 0.25) is 0 Å². The number of aromatic nitrogens is 4. The molecular weight excluding hydrogens is 252 g/mol. The summed E-state index contributed by atoms with van der Waals surface area (Å²) in [7, 11) is 1.88. The van der Waals surface area contributed by atoms with Crippen LogP contribution in [0.4, 0.5) is 0 Å². The van der Waals surface area contributed by atoms with Crippen LogP contribution in [0.1, 0.15) is 17.2 Å². The first-order chi connectivity index (χ1) is 9.78. The first kappa shape index (κ1) is 12.6. The molecule has 102 valence electrons. The lowest BCUT2D eigenvalue weighted by Crippen LogP contribution is -2.28. The highest BCUT2D eigenvalue weighted by molar-refractivity contribution is 5.33. The summed E-state index contributed by atoms with van der Waals surface area (Å²) in [6.07, 6.45) is 7.51. The van der Waals surface area contributed by atoms with Crippen molar-refractivity contribution in [3.63, 3.8) is 0 Å². The summed E-state index contributed by atoms with van der Waals surface area (Å²) in [4.78, 5) is 0. The van der Waals surface area contributed by atoms with Gasteiger partial charge in [-0.25, -0.2) is 10.1 Å². The summed E-state index contributed by atoms with van der Waals surface area (Å²) >= 11 is 0. The van der Waals surface area contributed by atoms with Crippen LogP contribution in [0.15, 0.2) is 55.1 Å². The van der Waals surface area contributed by atoms with Crippen LogP contribution in [0.2, 0.25) is 0 Å². The summed E-state index contributed by atoms with van der Waals surface area (Å²) in [5, 5.41) is 8.55. The molecule has 6 heteroatoms.